The zero-order valence-electron chi connectivity index (χ0n) is 8.29. The van der Waals surface area contributed by atoms with E-state index in [1.54, 1.807) is 0 Å². The van der Waals surface area contributed by atoms with Gasteiger partial charge in [-0.15, -0.1) is 0 Å². The highest BCUT2D eigenvalue weighted by molar-refractivity contribution is 4.86. The number of aliphatic hydroxyl groups excluding tert-OH is 1. The Bertz CT molecular complexity index is 121. The van der Waals surface area contributed by atoms with Crippen molar-refractivity contribution in [2.75, 3.05) is 19.7 Å². The van der Waals surface area contributed by atoms with Gasteiger partial charge >= 0.3 is 0 Å². The van der Waals surface area contributed by atoms with Gasteiger partial charge in [0.05, 0.1) is 0 Å². The van der Waals surface area contributed by atoms with E-state index in [0.717, 1.165) is 12.6 Å². The SMILES string of the molecule is CCCN(CC)C1CC(CO)C1. The van der Waals surface area contributed by atoms with Crippen LogP contribution in [0.1, 0.15) is 33.1 Å². The fourth-order valence-electron chi connectivity index (χ4n) is 2.03. The van der Waals surface area contributed by atoms with E-state index in [1.165, 1.54) is 25.8 Å². The molecule has 1 aliphatic rings. The van der Waals surface area contributed by atoms with E-state index in [2.05, 4.69) is 18.7 Å². The predicted octanol–water partition coefficient (Wildman–Crippen LogP) is 1.49. The Morgan fingerprint density at radius 3 is 2.42 bits per heavy atom. The summed E-state index contributed by atoms with van der Waals surface area (Å²) in [7, 11) is 0. The van der Waals surface area contributed by atoms with Gasteiger partial charge in [0, 0.05) is 12.6 Å². The van der Waals surface area contributed by atoms with Crippen LogP contribution in [0.4, 0.5) is 0 Å². The summed E-state index contributed by atoms with van der Waals surface area (Å²) in [5.74, 6) is 0.598. The van der Waals surface area contributed by atoms with Crippen LogP contribution in [0.15, 0.2) is 0 Å². The number of hydrogen-bond donors (Lipinski definition) is 1. The second kappa shape index (κ2) is 4.83. The van der Waals surface area contributed by atoms with Crippen LogP contribution in [-0.4, -0.2) is 35.7 Å². The van der Waals surface area contributed by atoms with Crippen LogP contribution >= 0.6 is 0 Å². The Kier molecular flexibility index (Phi) is 4.02. The lowest BCUT2D eigenvalue weighted by atomic mass is 9.80. The van der Waals surface area contributed by atoms with Gasteiger partial charge in [-0.3, -0.25) is 0 Å². The molecule has 0 aromatic heterocycles. The van der Waals surface area contributed by atoms with Crippen LogP contribution in [-0.2, 0) is 0 Å². The zero-order valence-corrected chi connectivity index (χ0v) is 8.29. The van der Waals surface area contributed by atoms with E-state index >= 15 is 0 Å². The highest BCUT2D eigenvalue weighted by atomic mass is 16.3. The topological polar surface area (TPSA) is 23.5 Å². The van der Waals surface area contributed by atoms with Crippen LogP contribution in [0.3, 0.4) is 0 Å². The molecule has 72 valence electrons. The molecule has 1 rings (SSSR count). The third kappa shape index (κ3) is 2.20. The molecule has 12 heavy (non-hydrogen) atoms. The third-order valence-electron chi connectivity index (χ3n) is 2.90. The average Bonchev–Trinajstić information content (AvgIpc) is 2.01. The molecule has 0 spiro atoms. The lowest BCUT2D eigenvalue weighted by molar-refractivity contribution is 0.0484. The molecule has 0 heterocycles. The van der Waals surface area contributed by atoms with Crippen molar-refractivity contribution in [2.24, 2.45) is 5.92 Å². The lowest BCUT2D eigenvalue weighted by Crippen LogP contribution is -2.45. The van der Waals surface area contributed by atoms with Gasteiger partial charge in [0.2, 0.25) is 0 Å². The van der Waals surface area contributed by atoms with Gasteiger partial charge in [-0.1, -0.05) is 13.8 Å². The first kappa shape index (κ1) is 10.0. The number of aliphatic hydroxyl groups is 1. The van der Waals surface area contributed by atoms with E-state index < -0.39 is 0 Å². The molecule has 0 unspecified atom stereocenters. The van der Waals surface area contributed by atoms with Gasteiger partial charge < -0.3 is 10.0 Å². The molecule has 2 nitrogen and oxygen atoms in total. The zero-order chi connectivity index (χ0) is 8.97. The van der Waals surface area contributed by atoms with E-state index in [-0.39, 0.29) is 0 Å². The van der Waals surface area contributed by atoms with Crippen LogP contribution in [0.25, 0.3) is 0 Å². The monoisotopic (exact) mass is 171 g/mol. The molecule has 1 fully saturated rings. The van der Waals surface area contributed by atoms with Gasteiger partial charge in [0.1, 0.15) is 0 Å². The highest BCUT2D eigenvalue weighted by Gasteiger charge is 2.31. The van der Waals surface area contributed by atoms with Crippen molar-refractivity contribution >= 4 is 0 Å². The molecule has 0 aliphatic heterocycles. The summed E-state index contributed by atoms with van der Waals surface area (Å²) < 4.78 is 0. The molecule has 0 aromatic rings. The molecular weight excluding hydrogens is 150 g/mol. The Labute approximate surface area is 75.6 Å². The van der Waals surface area contributed by atoms with Gasteiger partial charge in [0.15, 0.2) is 0 Å². The summed E-state index contributed by atoms with van der Waals surface area (Å²) >= 11 is 0. The normalized spacial score (nSPS) is 29.0. The van der Waals surface area contributed by atoms with Crippen LogP contribution in [0, 0.1) is 5.92 Å². The molecule has 1 saturated carbocycles. The van der Waals surface area contributed by atoms with Crippen molar-refractivity contribution in [1.29, 1.82) is 0 Å². The first-order valence-electron chi connectivity index (χ1n) is 5.16. The Morgan fingerprint density at radius 1 is 1.33 bits per heavy atom. The lowest BCUT2D eigenvalue weighted by Gasteiger charge is -2.42. The second-order valence-corrected chi connectivity index (χ2v) is 3.80. The predicted molar refractivity (Wildman–Crippen MR) is 51.1 cm³/mol. The summed E-state index contributed by atoms with van der Waals surface area (Å²) in [5, 5.41) is 8.87. The van der Waals surface area contributed by atoms with Crippen LogP contribution < -0.4 is 0 Å². The standard InChI is InChI=1S/C10H21NO/c1-3-5-11(4-2)10-6-9(7-10)8-12/h9-10,12H,3-8H2,1-2H3. The minimum Gasteiger partial charge on any atom is -0.396 e. The molecule has 2 heteroatoms. The van der Waals surface area contributed by atoms with Crippen molar-refractivity contribution in [3.63, 3.8) is 0 Å². The van der Waals surface area contributed by atoms with Crippen molar-refractivity contribution in [1.82, 2.24) is 4.90 Å². The van der Waals surface area contributed by atoms with Crippen LogP contribution in [0.2, 0.25) is 0 Å². The van der Waals surface area contributed by atoms with Gasteiger partial charge in [-0.25, -0.2) is 0 Å². The molecule has 1 aliphatic carbocycles. The van der Waals surface area contributed by atoms with Crippen molar-refractivity contribution < 1.29 is 5.11 Å². The summed E-state index contributed by atoms with van der Waals surface area (Å²) in [4.78, 5) is 2.53. The summed E-state index contributed by atoms with van der Waals surface area (Å²) in [6, 6.07) is 0.770. The molecule has 0 amide bonds. The molecular formula is C10H21NO. The first-order chi connectivity index (χ1) is 5.81. The van der Waals surface area contributed by atoms with E-state index in [1.807, 2.05) is 0 Å². The Balaban J connectivity index is 2.19. The highest BCUT2D eigenvalue weighted by Crippen LogP contribution is 2.31. The van der Waals surface area contributed by atoms with Crippen LogP contribution in [0.5, 0.6) is 0 Å². The van der Waals surface area contributed by atoms with E-state index in [4.69, 9.17) is 5.11 Å². The smallest absolute Gasteiger partial charge is 0.0460 e. The van der Waals surface area contributed by atoms with Gasteiger partial charge in [0.25, 0.3) is 0 Å². The van der Waals surface area contributed by atoms with Crippen molar-refractivity contribution in [3.05, 3.63) is 0 Å². The maximum atomic E-state index is 8.87. The molecule has 0 atom stereocenters. The molecule has 1 N–H and O–H groups in total. The minimum atomic E-state index is 0.389. The Morgan fingerprint density at radius 2 is 2.00 bits per heavy atom. The molecule has 0 bridgehead atoms. The summed E-state index contributed by atoms with van der Waals surface area (Å²) in [6.45, 7) is 7.23. The third-order valence-corrected chi connectivity index (χ3v) is 2.90. The quantitative estimate of drug-likeness (QED) is 0.677. The number of rotatable bonds is 5. The maximum absolute atomic E-state index is 8.87. The average molecular weight is 171 g/mol. The number of nitrogens with zero attached hydrogens (tertiary/aromatic N) is 1. The fourth-order valence-corrected chi connectivity index (χ4v) is 2.03. The van der Waals surface area contributed by atoms with Crippen molar-refractivity contribution in [2.45, 2.75) is 39.2 Å². The molecule has 0 radical (unpaired) electrons. The van der Waals surface area contributed by atoms with E-state index in [9.17, 15) is 0 Å². The van der Waals surface area contributed by atoms with Crippen molar-refractivity contribution in [3.8, 4) is 0 Å². The van der Waals surface area contributed by atoms with Gasteiger partial charge in [-0.05, 0) is 38.3 Å². The molecule has 0 saturated heterocycles. The second-order valence-electron chi connectivity index (χ2n) is 3.80. The largest absolute Gasteiger partial charge is 0.396 e. The summed E-state index contributed by atoms with van der Waals surface area (Å²) in [6.07, 6.45) is 3.67. The summed E-state index contributed by atoms with van der Waals surface area (Å²) in [5.41, 5.74) is 0. The number of hydrogen-bond acceptors (Lipinski definition) is 2. The maximum Gasteiger partial charge on any atom is 0.0460 e. The fraction of sp³-hybridized carbons (Fsp3) is 1.00. The van der Waals surface area contributed by atoms with Gasteiger partial charge in [-0.2, -0.15) is 0 Å². The Hall–Kier alpha value is -0.0800. The molecule has 0 aromatic carbocycles. The first-order valence-corrected chi connectivity index (χ1v) is 5.16. The van der Waals surface area contributed by atoms with E-state index in [0.29, 0.717) is 12.5 Å². The minimum absolute atomic E-state index is 0.389.